The highest BCUT2D eigenvalue weighted by molar-refractivity contribution is 7.99. The molecule has 0 spiro atoms. The van der Waals surface area contributed by atoms with E-state index in [0.29, 0.717) is 22.7 Å². The van der Waals surface area contributed by atoms with Crippen LogP contribution in [0.2, 0.25) is 5.02 Å². The molecule has 0 radical (unpaired) electrons. The maximum atomic E-state index is 12.8. The van der Waals surface area contributed by atoms with Crippen molar-refractivity contribution in [3.05, 3.63) is 65.2 Å². The Kier molecular flexibility index (Phi) is 6.41. The third-order valence-corrected chi connectivity index (χ3v) is 7.06. The number of halogens is 1. The number of thiophene rings is 1. The van der Waals surface area contributed by atoms with E-state index in [9.17, 15) is 4.79 Å². The first kappa shape index (κ1) is 20.9. The van der Waals surface area contributed by atoms with Gasteiger partial charge in [-0.3, -0.25) is 4.79 Å². The van der Waals surface area contributed by atoms with Gasteiger partial charge in [-0.05, 0) is 25.5 Å². The number of benzene rings is 2. The zero-order chi connectivity index (χ0) is 21.1. The Morgan fingerprint density at radius 1 is 1.13 bits per heavy atom. The van der Waals surface area contributed by atoms with Crippen LogP contribution < -0.4 is 0 Å². The summed E-state index contributed by atoms with van der Waals surface area (Å²) in [6.07, 6.45) is 0. The molecule has 0 aliphatic rings. The summed E-state index contributed by atoms with van der Waals surface area (Å²) >= 11 is 9.25. The summed E-state index contributed by atoms with van der Waals surface area (Å²) in [7, 11) is 0. The van der Waals surface area contributed by atoms with E-state index in [1.165, 1.54) is 23.1 Å². The van der Waals surface area contributed by atoms with Gasteiger partial charge in [0.2, 0.25) is 5.91 Å². The second-order valence-corrected chi connectivity index (χ2v) is 9.36. The first-order valence-electron chi connectivity index (χ1n) is 9.50. The van der Waals surface area contributed by atoms with Gasteiger partial charge < -0.3 is 9.32 Å². The van der Waals surface area contributed by atoms with Crippen LogP contribution in [0.4, 0.5) is 0 Å². The Morgan fingerprint density at radius 3 is 2.60 bits per heavy atom. The fourth-order valence-corrected chi connectivity index (χ4v) is 5.14. The molecule has 0 atom stereocenters. The first-order chi connectivity index (χ1) is 14.5. The molecule has 4 aromatic rings. The van der Waals surface area contributed by atoms with Gasteiger partial charge in [-0.1, -0.05) is 71.9 Å². The molecule has 0 fully saturated rings. The van der Waals surface area contributed by atoms with Crippen molar-refractivity contribution in [2.24, 2.45) is 0 Å². The lowest BCUT2D eigenvalue weighted by Gasteiger charge is -2.26. The SMILES string of the molecule is CC(C)N(Cc1ccccc1)C(=O)CSc1nnc(-c2sc3ccccc3c2Cl)o1. The number of carbonyl (C=O) groups excluding carboxylic acids is 1. The second-order valence-electron chi connectivity index (χ2n) is 7.00. The summed E-state index contributed by atoms with van der Waals surface area (Å²) in [6.45, 7) is 4.60. The minimum atomic E-state index is 0.0264. The zero-order valence-electron chi connectivity index (χ0n) is 16.5. The van der Waals surface area contributed by atoms with Crippen LogP contribution in [0, 0.1) is 0 Å². The van der Waals surface area contributed by atoms with Gasteiger partial charge in [0.1, 0.15) is 4.88 Å². The summed E-state index contributed by atoms with van der Waals surface area (Å²) in [5.41, 5.74) is 1.10. The molecule has 8 heteroatoms. The number of rotatable bonds is 7. The van der Waals surface area contributed by atoms with E-state index in [1.54, 1.807) is 0 Å². The van der Waals surface area contributed by atoms with E-state index in [-0.39, 0.29) is 17.7 Å². The van der Waals surface area contributed by atoms with Gasteiger partial charge in [-0.2, -0.15) is 0 Å². The molecule has 0 saturated heterocycles. The summed E-state index contributed by atoms with van der Waals surface area (Å²) in [6, 6.07) is 18.0. The van der Waals surface area contributed by atoms with Gasteiger partial charge in [0, 0.05) is 22.7 Å². The smallest absolute Gasteiger partial charge is 0.277 e. The second kappa shape index (κ2) is 9.20. The van der Waals surface area contributed by atoms with Crippen molar-refractivity contribution in [3.63, 3.8) is 0 Å². The Morgan fingerprint density at radius 2 is 1.87 bits per heavy atom. The van der Waals surface area contributed by atoms with E-state index in [0.717, 1.165) is 20.5 Å². The molecule has 0 N–H and O–H groups in total. The molecule has 5 nitrogen and oxygen atoms in total. The molecule has 0 unspecified atom stereocenters. The van der Waals surface area contributed by atoms with Gasteiger partial charge in [0.25, 0.3) is 11.1 Å². The molecule has 2 heterocycles. The monoisotopic (exact) mass is 457 g/mol. The maximum absolute atomic E-state index is 12.8. The molecule has 30 heavy (non-hydrogen) atoms. The van der Waals surface area contributed by atoms with E-state index in [1.807, 2.05) is 73.3 Å². The number of nitrogens with zero attached hydrogens (tertiary/aromatic N) is 3. The van der Waals surface area contributed by atoms with Crippen molar-refractivity contribution in [3.8, 4) is 10.8 Å². The fourth-order valence-electron chi connectivity index (χ4n) is 3.06. The summed E-state index contributed by atoms with van der Waals surface area (Å²) in [4.78, 5) is 15.4. The van der Waals surface area contributed by atoms with E-state index in [4.69, 9.17) is 16.0 Å². The minimum Gasteiger partial charge on any atom is -0.410 e. The summed E-state index contributed by atoms with van der Waals surface area (Å²) in [5.74, 6) is 0.631. The van der Waals surface area contributed by atoms with Gasteiger partial charge >= 0.3 is 0 Å². The minimum absolute atomic E-state index is 0.0264. The highest BCUT2D eigenvalue weighted by Crippen LogP contribution is 2.41. The van der Waals surface area contributed by atoms with Crippen molar-refractivity contribution in [1.82, 2.24) is 15.1 Å². The normalized spacial score (nSPS) is 11.3. The van der Waals surface area contributed by atoms with Gasteiger partial charge in [-0.25, -0.2) is 0 Å². The third-order valence-electron chi connectivity index (χ3n) is 4.59. The molecule has 0 aliphatic heterocycles. The van der Waals surface area contributed by atoms with Crippen molar-refractivity contribution in [2.75, 3.05) is 5.75 Å². The topological polar surface area (TPSA) is 59.2 Å². The molecule has 4 rings (SSSR count). The predicted molar refractivity (Wildman–Crippen MR) is 123 cm³/mol. The van der Waals surface area contributed by atoms with E-state index >= 15 is 0 Å². The first-order valence-corrected chi connectivity index (χ1v) is 11.7. The number of hydrogen-bond acceptors (Lipinski definition) is 6. The van der Waals surface area contributed by atoms with E-state index in [2.05, 4.69) is 10.2 Å². The van der Waals surface area contributed by atoms with E-state index < -0.39 is 0 Å². The molecule has 1 amide bonds. The highest BCUT2D eigenvalue weighted by atomic mass is 35.5. The highest BCUT2D eigenvalue weighted by Gasteiger charge is 2.21. The molecular formula is C22H20ClN3O2S2. The molecular weight excluding hydrogens is 438 g/mol. The lowest BCUT2D eigenvalue weighted by molar-refractivity contribution is -0.130. The van der Waals surface area contributed by atoms with Gasteiger partial charge in [0.15, 0.2) is 0 Å². The third kappa shape index (κ3) is 4.53. The van der Waals surface area contributed by atoms with Crippen LogP contribution in [0.3, 0.4) is 0 Å². The van der Waals surface area contributed by atoms with Crippen molar-refractivity contribution >= 4 is 50.7 Å². The van der Waals surface area contributed by atoms with Crippen LogP contribution in [0.15, 0.2) is 64.2 Å². The van der Waals surface area contributed by atoms with Crippen LogP contribution in [0.25, 0.3) is 20.9 Å². The van der Waals surface area contributed by atoms with Crippen LogP contribution in [-0.2, 0) is 11.3 Å². The zero-order valence-corrected chi connectivity index (χ0v) is 18.9. The number of thioether (sulfide) groups is 1. The lowest BCUT2D eigenvalue weighted by atomic mass is 10.2. The molecule has 2 aromatic carbocycles. The Bertz CT molecular complexity index is 1160. The number of fused-ring (bicyclic) bond motifs is 1. The Balaban J connectivity index is 1.44. The number of aromatic nitrogens is 2. The predicted octanol–water partition coefficient (Wildman–Crippen LogP) is 6.13. The molecule has 0 bridgehead atoms. The molecule has 2 aromatic heterocycles. The largest absolute Gasteiger partial charge is 0.410 e. The lowest BCUT2D eigenvalue weighted by Crippen LogP contribution is -2.37. The summed E-state index contributed by atoms with van der Waals surface area (Å²) in [5, 5.41) is 10.2. The van der Waals surface area contributed by atoms with Crippen molar-refractivity contribution in [1.29, 1.82) is 0 Å². The van der Waals surface area contributed by atoms with Crippen LogP contribution >= 0.6 is 34.7 Å². The Labute approximate surface area is 188 Å². The molecule has 0 aliphatic carbocycles. The molecule has 0 saturated carbocycles. The average molecular weight is 458 g/mol. The van der Waals surface area contributed by atoms with Crippen LogP contribution in [-0.4, -0.2) is 32.8 Å². The van der Waals surface area contributed by atoms with Gasteiger partial charge in [-0.15, -0.1) is 21.5 Å². The standard InChI is InChI=1S/C22H20ClN3O2S2/c1-14(2)26(12-15-8-4-3-5-9-15)18(27)13-29-22-25-24-21(28-22)20-19(23)16-10-6-7-11-17(16)30-20/h3-11,14H,12-13H2,1-2H3. The van der Waals surface area contributed by atoms with Crippen molar-refractivity contribution < 1.29 is 9.21 Å². The maximum Gasteiger partial charge on any atom is 0.277 e. The van der Waals surface area contributed by atoms with Crippen molar-refractivity contribution in [2.45, 2.75) is 31.7 Å². The summed E-state index contributed by atoms with van der Waals surface area (Å²) < 4.78 is 6.85. The van der Waals surface area contributed by atoms with Crippen LogP contribution in [0.1, 0.15) is 19.4 Å². The van der Waals surface area contributed by atoms with Crippen LogP contribution in [0.5, 0.6) is 0 Å². The Hall–Kier alpha value is -2.35. The molecule has 154 valence electrons. The quantitative estimate of drug-likeness (QED) is 0.312. The van der Waals surface area contributed by atoms with Gasteiger partial charge in [0.05, 0.1) is 10.8 Å². The number of hydrogen-bond donors (Lipinski definition) is 0. The number of amides is 1. The number of carbonyl (C=O) groups is 1. The average Bonchev–Trinajstić information content (AvgIpc) is 3.35. The fraction of sp³-hybridized carbons (Fsp3) is 0.227.